The largest absolute Gasteiger partial charge is 0.482 e. The molecule has 1 aromatic rings. The van der Waals surface area contributed by atoms with Gasteiger partial charge in [0, 0.05) is 0 Å². The number of rotatable bonds is 4. The summed E-state index contributed by atoms with van der Waals surface area (Å²) >= 11 is 0. The van der Waals surface area contributed by atoms with Gasteiger partial charge in [0.25, 0.3) is 0 Å². The SMILES string of the molecule is CC(C)OC(=O)COc1ccc2c(c1)CCC2O. The van der Waals surface area contributed by atoms with Crippen LogP contribution in [0, 0.1) is 0 Å². The molecule has 0 heterocycles. The van der Waals surface area contributed by atoms with Crippen molar-refractivity contribution in [3.05, 3.63) is 29.3 Å². The number of carbonyl (C=O) groups excluding carboxylic acids is 1. The fourth-order valence-electron chi connectivity index (χ4n) is 2.10. The molecule has 0 spiro atoms. The number of fused-ring (bicyclic) bond motifs is 1. The zero-order valence-corrected chi connectivity index (χ0v) is 10.7. The van der Waals surface area contributed by atoms with Gasteiger partial charge in [0.15, 0.2) is 6.61 Å². The molecule has 1 aliphatic carbocycles. The smallest absolute Gasteiger partial charge is 0.344 e. The van der Waals surface area contributed by atoms with Crippen LogP contribution in [-0.2, 0) is 16.0 Å². The Hall–Kier alpha value is -1.55. The van der Waals surface area contributed by atoms with Gasteiger partial charge >= 0.3 is 5.97 Å². The van der Waals surface area contributed by atoms with Crippen LogP contribution in [0.25, 0.3) is 0 Å². The number of hydrogen-bond donors (Lipinski definition) is 1. The highest BCUT2D eigenvalue weighted by Gasteiger charge is 2.20. The summed E-state index contributed by atoms with van der Waals surface area (Å²) < 4.78 is 10.4. The van der Waals surface area contributed by atoms with E-state index in [4.69, 9.17) is 9.47 Å². The lowest BCUT2D eigenvalue weighted by atomic mass is 10.1. The van der Waals surface area contributed by atoms with Crippen molar-refractivity contribution in [2.45, 2.75) is 38.9 Å². The average molecular weight is 250 g/mol. The Morgan fingerprint density at radius 2 is 2.28 bits per heavy atom. The molecule has 0 radical (unpaired) electrons. The fourth-order valence-corrected chi connectivity index (χ4v) is 2.10. The average Bonchev–Trinajstić information content (AvgIpc) is 2.67. The molecule has 98 valence electrons. The van der Waals surface area contributed by atoms with Crippen LogP contribution < -0.4 is 4.74 Å². The molecule has 1 N–H and O–H groups in total. The van der Waals surface area contributed by atoms with Gasteiger partial charge in [-0.25, -0.2) is 4.79 Å². The third kappa shape index (κ3) is 3.01. The molecule has 4 heteroatoms. The lowest BCUT2D eigenvalue weighted by Crippen LogP contribution is -2.18. The van der Waals surface area contributed by atoms with Crippen LogP contribution in [0.4, 0.5) is 0 Å². The van der Waals surface area contributed by atoms with Crippen molar-refractivity contribution < 1.29 is 19.4 Å². The first-order chi connectivity index (χ1) is 8.56. The lowest BCUT2D eigenvalue weighted by molar-refractivity contribution is -0.149. The van der Waals surface area contributed by atoms with E-state index in [1.807, 2.05) is 12.1 Å². The van der Waals surface area contributed by atoms with Gasteiger partial charge in [0.2, 0.25) is 0 Å². The number of esters is 1. The Balaban J connectivity index is 1.93. The number of aryl methyl sites for hydroxylation is 1. The summed E-state index contributed by atoms with van der Waals surface area (Å²) in [6.45, 7) is 3.52. The van der Waals surface area contributed by atoms with E-state index in [1.165, 1.54) is 0 Å². The first-order valence-corrected chi connectivity index (χ1v) is 6.19. The highest BCUT2D eigenvalue weighted by molar-refractivity contribution is 5.71. The van der Waals surface area contributed by atoms with Gasteiger partial charge < -0.3 is 14.6 Å². The Morgan fingerprint density at radius 3 is 3.00 bits per heavy atom. The quantitative estimate of drug-likeness (QED) is 0.830. The number of benzene rings is 1. The zero-order chi connectivity index (χ0) is 13.1. The van der Waals surface area contributed by atoms with Crippen LogP contribution in [0.5, 0.6) is 5.75 Å². The molecule has 1 aromatic carbocycles. The monoisotopic (exact) mass is 250 g/mol. The van der Waals surface area contributed by atoms with Gasteiger partial charge in [0.1, 0.15) is 5.75 Å². The Morgan fingerprint density at radius 1 is 1.50 bits per heavy atom. The molecule has 2 rings (SSSR count). The van der Waals surface area contributed by atoms with E-state index in [2.05, 4.69) is 0 Å². The minimum atomic E-state index is -0.370. The van der Waals surface area contributed by atoms with Crippen LogP contribution in [0.15, 0.2) is 18.2 Å². The Bertz CT molecular complexity index is 439. The molecule has 4 nitrogen and oxygen atoms in total. The maximum atomic E-state index is 11.3. The molecule has 1 aliphatic rings. The van der Waals surface area contributed by atoms with Crippen molar-refractivity contribution >= 4 is 5.97 Å². The summed E-state index contributed by atoms with van der Waals surface area (Å²) in [4.78, 5) is 11.3. The molecular weight excluding hydrogens is 232 g/mol. The van der Waals surface area contributed by atoms with Gasteiger partial charge in [-0.05, 0) is 49.9 Å². The van der Waals surface area contributed by atoms with E-state index in [0.717, 1.165) is 24.0 Å². The maximum absolute atomic E-state index is 11.3. The molecule has 1 atom stereocenters. The molecule has 0 amide bonds. The molecule has 0 aliphatic heterocycles. The number of carbonyl (C=O) groups is 1. The number of hydrogen-bond acceptors (Lipinski definition) is 4. The van der Waals surface area contributed by atoms with Crippen LogP contribution in [0.2, 0.25) is 0 Å². The normalized spacial score (nSPS) is 17.7. The number of aliphatic hydroxyl groups is 1. The number of aliphatic hydroxyl groups excluding tert-OH is 1. The van der Waals surface area contributed by atoms with E-state index in [9.17, 15) is 9.90 Å². The topological polar surface area (TPSA) is 55.8 Å². The van der Waals surface area contributed by atoms with Crippen molar-refractivity contribution in [2.24, 2.45) is 0 Å². The van der Waals surface area contributed by atoms with Gasteiger partial charge in [-0.15, -0.1) is 0 Å². The van der Waals surface area contributed by atoms with Crippen molar-refractivity contribution in [3.8, 4) is 5.75 Å². The van der Waals surface area contributed by atoms with Gasteiger partial charge in [-0.2, -0.15) is 0 Å². The molecular formula is C14H18O4. The Labute approximate surface area is 107 Å². The summed E-state index contributed by atoms with van der Waals surface area (Å²) in [7, 11) is 0. The molecule has 0 fully saturated rings. The van der Waals surface area contributed by atoms with Crippen molar-refractivity contribution in [3.63, 3.8) is 0 Å². The summed E-state index contributed by atoms with van der Waals surface area (Å²) in [5.74, 6) is 0.272. The van der Waals surface area contributed by atoms with Crippen LogP contribution in [-0.4, -0.2) is 23.8 Å². The van der Waals surface area contributed by atoms with E-state index in [-0.39, 0.29) is 24.8 Å². The van der Waals surface area contributed by atoms with Crippen molar-refractivity contribution in [1.29, 1.82) is 0 Å². The highest BCUT2D eigenvalue weighted by Crippen LogP contribution is 2.33. The fraction of sp³-hybridized carbons (Fsp3) is 0.500. The summed E-state index contributed by atoms with van der Waals surface area (Å²) in [6.07, 6.45) is 1.12. The second-order valence-corrected chi connectivity index (χ2v) is 4.74. The predicted molar refractivity (Wildman–Crippen MR) is 66.4 cm³/mol. The third-order valence-corrected chi connectivity index (χ3v) is 2.88. The van der Waals surface area contributed by atoms with Gasteiger partial charge in [0.05, 0.1) is 12.2 Å². The maximum Gasteiger partial charge on any atom is 0.344 e. The van der Waals surface area contributed by atoms with E-state index >= 15 is 0 Å². The third-order valence-electron chi connectivity index (χ3n) is 2.88. The van der Waals surface area contributed by atoms with Crippen LogP contribution in [0.3, 0.4) is 0 Å². The number of ether oxygens (including phenoxy) is 2. The molecule has 0 aromatic heterocycles. The van der Waals surface area contributed by atoms with Crippen LogP contribution >= 0.6 is 0 Å². The minimum Gasteiger partial charge on any atom is -0.482 e. The first-order valence-electron chi connectivity index (χ1n) is 6.19. The van der Waals surface area contributed by atoms with E-state index in [0.29, 0.717) is 5.75 Å². The first kappa shape index (κ1) is 12.9. The van der Waals surface area contributed by atoms with E-state index < -0.39 is 0 Å². The second-order valence-electron chi connectivity index (χ2n) is 4.74. The van der Waals surface area contributed by atoms with Crippen molar-refractivity contribution in [1.82, 2.24) is 0 Å². The second kappa shape index (κ2) is 5.40. The molecule has 0 saturated heterocycles. The van der Waals surface area contributed by atoms with Gasteiger partial charge in [-0.1, -0.05) is 6.07 Å². The highest BCUT2D eigenvalue weighted by atomic mass is 16.6. The summed E-state index contributed by atoms with van der Waals surface area (Å²) in [5.41, 5.74) is 2.06. The standard InChI is InChI=1S/C14H18O4/c1-9(2)18-14(16)8-17-11-4-5-12-10(7-11)3-6-13(12)15/h4-5,7,9,13,15H,3,6,8H2,1-2H3. The van der Waals surface area contributed by atoms with Crippen LogP contribution in [0.1, 0.15) is 37.5 Å². The van der Waals surface area contributed by atoms with Gasteiger partial charge in [-0.3, -0.25) is 0 Å². The van der Waals surface area contributed by atoms with E-state index in [1.54, 1.807) is 19.9 Å². The van der Waals surface area contributed by atoms with Crippen molar-refractivity contribution in [2.75, 3.05) is 6.61 Å². The summed E-state index contributed by atoms with van der Waals surface area (Å²) in [5, 5.41) is 9.67. The molecule has 0 bridgehead atoms. The molecule has 1 unspecified atom stereocenters. The predicted octanol–water partition coefficient (Wildman–Crippen LogP) is 2.00. The Kier molecular flexibility index (Phi) is 3.87. The molecule has 18 heavy (non-hydrogen) atoms. The zero-order valence-electron chi connectivity index (χ0n) is 10.7. The minimum absolute atomic E-state index is 0.0838. The lowest BCUT2D eigenvalue weighted by Gasteiger charge is -2.10. The summed E-state index contributed by atoms with van der Waals surface area (Å²) in [6, 6.07) is 5.51. The molecule has 0 saturated carbocycles.